The molecule has 0 aromatic heterocycles. The minimum atomic E-state index is -0.441. The molecule has 188 valence electrons. The first-order chi connectivity index (χ1) is 17.5. The van der Waals surface area contributed by atoms with Gasteiger partial charge in [0.25, 0.3) is 5.91 Å². The van der Waals surface area contributed by atoms with Gasteiger partial charge in [0.15, 0.2) is 0 Å². The highest BCUT2D eigenvalue weighted by atomic mass is 19.1. The van der Waals surface area contributed by atoms with Crippen molar-refractivity contribution in [2.75, 3.05) is 26.2 Å². The smallest absolute Gasteiger partial charge is 0.254 e. The van der Waals surface area contributed by atoms with Crippen LogP contribution >= 0.6 is 0 Å². The molecule has 2 aliphatic rings. The summed E-state index contributed by atoms with van der Waals surface area (Å²) < 4.78 is 41.1. The number of fused-ring (bicyclic) bond motifs is 1. The molecule has 3 aromatic rings. The van der Waals surface area contributed by atoms with E-state index in [2.05, 4.69) is 11.0 Å². The van der Waals surface area contributed by atoms with Crippen LogP contribution in [0.2, 0.25) is 0 Å². The van der Waals surface area contributed by atoms with Gasteiger partial charge in [0.2, 0.25) is 0 Å². The number of carbonyl (C=O) groups excluding carboxylic acids is 1. The fraction of sp³-hybridized carbons (Fsp3) is 0.367. The summed E-state index contributed by atoms with van der Waals surface area (Å²) in [7, 11) is 0. The number of piperidine rings is 1. The monoisotopic (exact) mass is 492 g/mol. The van der Waals surface area contributed by atoms with Crippen LogP contribution in [0.5, 0.6) is 0 Å². The molecule has 1 saturated heterocycles. The lowest BCUT2D eigenvalue weighted by atomic mass is 9.87. The largest absolute Gasteiger partial charge is 0.331 e. The van der Waals surface area contributed by atoms with Crippen molar-refractivity contribution < 1.29 is 18.0 Å². The molecular weight excluding hydrogens is 461 g/mol. The first-order valence-corrected chi connectivity index (χ1v) is 12.7. The van der Waals surface area contributed by atoms with Crippen molar-refractivity contribution in [2.45, 2.75) is 44.3 Å². The Labute approximate surface area is 210 Å². The number of rotatable bonds is 6. The minimum absolute atomic E-state index is 0.152. The number of amides is 1. The molecule has 0 radical (unpaired) electrons. The lowest BCUT2D eigenvalue weighted by Crippen LogP contribution is -2.42. The maximum Gasteiger partial charge on any atom is 0.254 e. The second-order valence-electron chi connectivity index (χ2n) is 9.86. The van der Waals surface area contributed by atoms with E-state index in [1.165, 1.54) is 35.9 Å². The summed E-state index contributed by atoms with van der Waals surface area (Å²) in [6, 6.07) is 18.3. The average molecular weight is 493 g/mol. The maximum absolute atomic E-state index is 14.6. The fourth-order valence-electron chi connectivity index (χ4n) is 5.74. The molecule has 36 heavy (non-hydrogen) atoms. The summed E-state index contributed by atoms with van der Waals surface area (Å²) >= 11 is 0. The van der Waals surface area contributed by atoms with Crippen LogP contribution in [0.3, 0.4) is 0 Å². The fourth-order valence-corrected chi connectivity index (χ4v) is 5.74. The third-order valence-corrected chi connectivity index (χ3v) is 7.73. The normalized spacial score (nSPS) is 18.8. The Morgan fingerprint density at radius 2 is 1.67 bits per heavy atom. The summed E-state index contributed by atoms with van der Waals surface area (Å²) in [5.74, 6) is -0.327. The molecule has 1 atom stereocenters. The van der Waals surface area contributed by atoms with E-state index in [-0.39, 0.29) is 23.6 Å². The zero-order valence-corrected chi connectivity index (χ0v) is 20.3. The minimum Gasteiger partial charge on any atom is -0.331 e. The van der Waals surface area contributed by atoms with Crippen molar-refractivity contribution in [3.8, 4) is 0 Å². The lowest BCUT2D eigenvalue weighted by molar-refractivity contribution is 0.0628. The Morgan fingerprint density at radius 1 is 0.917 bits per heavy atom. The van der Waals surface area contributed by atoms with E-state index in [1.54, 1.807) is 6.07 Å². The van der Waals surface area contributed by atoms with Crippen LogP contribution in [0.25, 0.3) is 0 Å². The van der Waals surface area contributed by atoms with E-state index in [0.29, 0.717) is 36.4 Å². The molecule has 3 aromatic carbocycles. The van der Waals surface area contributed by atoms with Crippen molar-refractivity contribution >= 4 is 5.91 Å². The highest BCUT2D eigenvalue weighted by Gasteiger charge is 2.33. The summed E-state index contributed by atoms with van der Waals surface area (Å²) in [4.78, 5) is 17.6. The number of hydrogen-bond donors (Lipinski definition) is 0. The van der Waals surface area contributed by atoms with Crippen LogP contribution in [0.4, 0.5) is 13.2 Å². The van der Waals surface area contributed by atoms with E-state index in [0.717, 1.165) is 43.6 Å². The number of alkyl halides is 1. The standard InChI is InChI=1S/C30H31F3N2O/c31-20-21-3-1-4-24(19-21)22-11-15-34(16-12-22)17-14-29-27-5-2-6-28(33)26(27)13-18-35(29)30(36)23-7-9-25(32)10-8-23/h1-10,19,22,29H,11-18,20H2. The zero-order chi connectivity index (χ0) is 25.1. The summed E-state index contributed by atoms with van der Waals surface area (Å²) in [6.45, 7) is 2.65. The number of likely N-dealkylation sites (tertiary alicyclic amines) is 1. The van der Waals surface area contributed by atoms with E-state index in [9.17, 15) is 18.0 Å². The van der Waals surface area contributed by atoms with E-state index in [4.69, 9.17) is 0 Å². The number of halogens is 3. The van der Waals surface area contributed by atoms with Gasteiger partial charge in [0, 0.05) is 18.7 Å². The van der Waals surface area contributed by atoms with Crippen LogP contribution in [0, 0.1) is 11.6 Å². The van der Waals surface area contributed by atoms with Crippen molar-refractivity contribution in [3.63, 3.8) is 0 Å². The van der Waals surface area contributed by atoms with Gasteiger partial charge in [-0.3, -0.25) is 4.79 Å². The maximum atomic E-state index is 14.6. The molecule has 3 nitrogen and oxygen atoms in total. The lowest BCUT2D eigenvalue weighted by Gasteiger charge is -2.39. The van der Waals surface area contributed by atoms with Gasteiger partial charge in [-0.1, -0.05) is 36.4 Å². The Bertz CT molecular complexity index is 1210. The van der Waals surface area contributed by atoms with Crippen LogP contribution < -0.4 is 0 Å². The van der Waals surface area contributed by atoms with Crippen LogP contribution in [0.15, 0.2) is 66.7 Å². The molecule has 2 heterocycles. The molecule has 0 spiro atoms. The van der Waals surface area contributed by atoms with E-state index < -0.39 is 6.67 Å². The molecule has 0 bridgehead atoms. The molecule has 1 fully saturated rings. The quantitative estimate of drug-likeness (QED) is 0.395. The average Bonchev–Trinajstić information content (AvgIpc) is 2.92. The topological polar surface area (TPSA) is 23.6 Å². The van der Waals surface area contributed by atoms with Gasteiger partial charge < -0.3 is 9.80 Å². The van der Waals surface area contributed by atoms with Gasteiger partial charge in [0.1, 0.15) is 18.3 Å². The van der Waals surface area contributed by atoms with Crippen LogP contribution in [0.1, 0.15) is 63.8 Å². The van der Waals surface area contributed by atoms with E-state index in [1.807, 2.05) is 29.2 Å². The number of carbonyl (C=O) groups is 1. The molecule has 0 N–H and O–H groups in total. The summed E-state index contributed by atoms with van der Waals surface area (Å²) in [6.07, 6.45) is 3.17. The zero-order valence-electron chi connectivity index (χ0n) is 20.3. The van der Waals surface area contributed by atoms with Crippen molar-refractivity contribution in [3.05, 3.63) is 106 Å². The first kappa shape index (κ1) is 24.6. The molecule has 2 aliphatic heterocycles. The highest BCUT2D eigenvalue weighted by Crippen LogP contribution is 2.36. The second kappa shape index (κ2) is 10.9. The number of benzene rings is 3. The van der Waals surface area contributed by atoms with Gasteiger partial charge in [-0.15, -0.1) is 0 Å². The van der Waals surface area contributed by atoms with Crippen LogP contribution in [-0.2, 0) is 13.1 Å². The molecule has 0 saturated carbocycles. The van der Waals surface area contributed by atoms with Crippen molar-refractivity contribution in [1.29, 1.82) is 0 Å². The molecule has 5 rings (SSSR count). The predicted molar refractivity (Wildman–Crippen MR) is 135 cm³/mol. The molecule has 0 aliphatic carbocycles. The van der Waals surface area contributed by atoms with Crippen LogP contribution in [-0.4, -0.2) is 41.9 Å². The van der Waals surface area contributed by atoms with Gasteiger partial charge in [-0.2, -0.15) is 0 Å². The Balaban J connectivity index is 1.28. The second-order valence-corrected chi connectivity index (χ2v) is 9.86. The number of nitrogens with zero attached hydrogens (tertiary/aromatic N) is 2. The van der Waals surface area contributed by atoms with Gasteiger partial charge in [0.05, 0.1) is 6.04 Å². The van der Waals surface area contributed by atoms with E-state index >= 15 is 0 Å². The first-order valence-electron chi connectivity index (χ1n) is 12.7. The molecule has 6 heteroatoms. The molecule has 1 amide bonds. The Kier molecular flexibility index (Phi) is 7.42. The van der Waals surface area contributed by atoms with Gasteiger partial charge >= 0.3 is 0 Å². The van der Waals surface area contributed by atoms with Crippen molar-refractivity contribution in [1.82, 2.24) is 9.80 Å². The molecule has 1 unspecified atom stereocenters. The Hall–Kier alpha value is -3.12. The predicted octanol–water partition coefficient (Wildman–Crippen LogP) is 6.44. The van der Waals surface area contributed by atoms with Gasteiger partial charge in [-0.25, -0.2) is 13.2 Å². The summed E-state index contributed by atoms with van der Waals surface area (Å²) in [5.41, 5.74) is 3.94. The van der Waals surface area contributed by atoms with Crippen molar-refractivity contribution in [2.24, 2.45) is 0 Å². The molecular formula is C30H31F3N2O. The summed E-state index contributed by atoms with van der Waals surface area (Å²) in [5, 5.41) is 0. The third-order valence-electron chi connectivity index (χ3n) is 7.73. The third kappa shape index (κ3) is 5.19. The SMILES string of the molecule is O=C(c1ccc(F)cc1)N1CCc2c(F)cccc2C1CCN1CCC(c2cccc(CF)c2)CC1. The Morgan fingerprint density at radius 3 is 2.42 bits per heavy atom. The highest BCUT2D eigenvalue weighted by molar-refractivity contribution is 5.94. The van der Waals surface area contributed by atoms with Gasteiger partial charge in [-0.05, 0) is 97.3 Å². The number of hydrogen-bond acceptors (Lipinski definition) is 2.